The number of alkyl halides is 2. The largest absolute Gasteiger partial charge is 0.363 e. The van der Waals surface area contributed by atoms with Crippen molar-refractivity contribution >= 4 is 6.34 Å². The van der Waals surface area contributed by atoms with Gasteiger partial charge in [0, 0.05) is 5.28 Å². The number of halogens is 2. The maximum absolute atomic E-state index is 11.4. The lowest BCUT2D eigenvalue weighted by Gasteiger charge is -2.17. The second-order valence-corrected chi connectivity index (χ2v) is 1.30. The Kier molecular flexibility index (Phi) is 1.94. The first kappa shape index (κ1) is 7.12. The summed E-state index contributed by atoms with van der Waals surface area (Å²) in [5.74, 6) is 0. The van der Waals surface area contributed by atoms with Gasteiger partial charge in [-0.2, -0.15) is 19.2 Å². The molecule has 0 unspecified atom stereocenters. The normalized spacial score (nSPS) is 18.6. The number of hydroxylamine groups is 1. The molecule has 2 N–H and O–H groups in total. The molecule has 0 saturated heterocycles. The molecular formula is C2H4F2N4O2. The zero-order valence-electron chi connectivity index (χ0n) is 4.61. The summed E-state index contributed by atoms with van der Waals surface area (Å²) >= 11 is 0. The molecule has 1 aliphatic heterocycles. The average Bonchev–Trinajstić information content (AvgIpc) is 2.15. The molecule has 0 amide bonds. The van der Waals surface area contributed by atoms with Gasteiger partial charge >= 0.3 is 6.61 Å². The molecule has 1 rings (SSSR count). The van der Waals surface area contributed by atoms with E-state index in [1.807, 2.05) is 5.53 Å². The van der Waals surface area contributed by atoms with Crippen molar-refractivity contribution in [1.29, 1.82) is 0 Å². The SMILES string of the molecule is ON1C=NNN1OC(F)F. The van der Waals surface area contributed by atoms with E-state index in [4.69, 9.17) is 5.21 Å². The van der Waals surface area contributed by atoms with E-state index in [1.165, 1.54) is 0 Å². The smallest absolute Gasteiger partial charge is 0.269 e. The van der Waals surface area contributed by atoms with Crippen LogP contribution >= 0.6 is 0 Å². The second-order valence-electron chi connectivity index (χ2n) is 1.30. The molecule has 1 aliphatic rings. The fourth-order valence-electron chi connectivity index (χ4n) is 0.367. The van der Waals surface area contributed by atoms with Crippen LogP contribution in [0.5, 0.6) is 0 Å². The van der Waals surface area contributed by atoms with Crippen molar-refractivity contribution in [2.75, 3.05) is 0 Å². The Balaban J connectivity index is 2.30. The Morgan fingerprint density at radius 1 is 1.70 bits per heavy atom. The van der Waals surface area contributed by atoms with Gasteiger partial charge in [-0.3, -0.25) is 5.21 Å². The summed E-state index contributed by atoms with van der Waals surface area (Å²) < 4.78 is 22.7. The first-order valence-electron chi connectivity index (χ1n) is 2.22. The van der Waals surface area contributed by atoms with Crippen molar-refractivity contribution in [3.63, 3.8) is 0 Å². The molecule has 0 aliphatic carbocycles. The first-order valence-corrected chi connectivity index (χ1v) is 2.22. The Labute approximate surface area is 54.1 Å². The quantitative estimate of drug-likeness (QED) is 0.562. The van der Waals surface area contributed by atoms with Crippen LogP contribution in [0.25, 0.3) is 0 Å². The van der Waals surface area contributed by atoms with Crippen LogP contribution in [-0.2, 0) is 4.84 Å². The number of hydrogen-bond donors (Lipinski definition) is 2. The molecule has 58 valence electrons. The van der Waals surface area contributed by atoms with E-state index in [2.05, 4.69) is 9.94 Å². The molecule has 0 aromatic heterocycles. The molecule has 0 fully saturated rings. The molecule has 0 radical (unpaired) electrons. The van der Waals surface area contributed by atoms with Crippen molar-refractivity contribution in [2.45, 2.75) is 6.61 Å². The monoisotopic (exact) mass is 154 g/mol. The highest BCUT2D eigenvalue weighted by molar-refractivity contribution is 5.52. The van der Waals surface area contributed by atoms with Crippen LogP contribution in [0.15, 0.2) is 5.10 Å². The average molecular weight is 154 g/mol. The Morgan fingerprint density at radius 2 is 2.40 bits per heavy atom. The van der Waals surface area contributed by atoms with Gasteiger partial charge in [0.2, 0.25) is 0 Å². The first-order chi connectivity index (χ1) is 4.70. The maximum atomic E-state index is 11.4. The van der Waals surface area contributed by atoms with Crippen molar-refractivity contribution in [3.05, 3.63) is 0 Å². The van der Waals surface area contributed by atoms with Gasteiger partial charge in [-0.25, -0.2) is 0 Å². The van der Waals surface area contributed by atoms with E-state index in [1.54, 1.807) is 0 Å². The molecule has 0 spiro atoms. The summed E-state index contributed by atoms with van der Waals surface area (Å²) in [6, 6.07) is 0. The predicted octanol–water partition coefficient (Wildman–Crippen LogP) is -0.490. The fourth-order valence-corrected chi connectivity index (χ4v) is 0.367. The summed E-state index contributed by atoms with van der Waals surface area (Å²) in [7, 11) is 0. The number of hydrazine groups is 2. The standard InChI is InChI=1S/C2H4F2N4O2/c3-2(4)10-8-6-5-1-7(8)9/h1-2,6,9H. The number of hydrazone groups is 1. The van der Waals surface area contributed by atoms with Gasteiger partial charge in [0.05, 0.1) is 0 Å². The van der Waals surface area contributed by atoms with Crippen LogP contribution in [0, 0.1) is 0 Å². The summed E-state index contributed by atoms with van der Waals surface area (Å²) in [5.41, 5.74) is 1.91. The lowest BCUT2D eigenvalue weighted by atomic mass is 11.3. The minimum absolute atomic E-state index is 0.228. The molecule has 6 nitrogen and oxygen atoms in total. The van der Waals surface area contributed by atoms with Crippen molar-refractivity contribution in [3.8, 4) is 0 Å². The minimum atomic E-state index is -3.01. The Hall–Kier alpha value is -0.990. The highest BCUT2D eigenvalue weighted by Gasteiger charge is 2.19. The Bertz CT molecular complexity index is 141. The third-order valence-electron chi connectivity index (χ3n) is 0.670. The minimum Gasteiger partial charge on any atom is -0.269 e. The van der Waals surface area contributed by atoms with E-state index in [0.29, 0.717) is 0 Å². The summed E-state index contributed by atoms with van der Waals surface area (Å²) in [6.07, 6.45) is 0.850. The molecule has 0 atom stereocenters. The third-order valence-corrected chi connectivity index (χ3v) is 0.670. The molecule has 0 aromatic carbocycles. The van der Waals surface area contributed by atoms with Crippen LogP contribution in [0.2, 0.25) is 0 Å². The van der Waals surface area contributed by atoms with Gasteiger partial charge in [0.25, 0.3) is 0 Å². The van der Waals surface area contributed by atoms with Gasteiger partial charge in [0.1, 0.15) is 0 Å². The number of nitrogens with one attached hydrogen (secondary N) is 1. The van der Waals surface area contributed by atoms with Crippen LogP contribution in [0.3, 0.4) is 0 Å². The Morgan fingerprint density at radius 3 is 2.80 bits per heavy atom. The summed E-state index contributed by atoms with van der Waals surface area (Å²) in [4.78, 5) is 3.66. The van der Waals surface area contributed by atoms with Crippen molar-refractivity contribution < 1.29 is 18.8 Å². The molecule has 0 saturated carbocycles. The van der Waals surface area contributed by atoms with Gasteiger partial charge in [0.15, 0.2) is 6.34 Å². The molecule has 10 heavy (non-hydrogen) atoms. The van der Waals surface area contributed by atoms with Gasteiger partial charge < -0.3 is 0 Å². The van der Waals surface area contributed by atoms with E-state index >= 15 is 0 Å². The van der Waals surface area contributed by atoms with Gasteiger partial charge in [-0.15, -0.1) is 10.3 Å². The topological polar surface area (TPSA) is 60.3 Å². The number of rotatable bonds is 2. The van der Waals surface area contributed by atoms with Crippen molar-refractivity contribution in [2.24, 2.45) is 5.10 Å². The lowest BCUT2D eigenvalue weighted by Crippen LogP contribution is -2.41. The lowest BCUT2D eigenvalue weighted by molar-refractivity contribution is -0.416. The highest BCUT2D eigenvalue weighted by atomic mass is 19.3. The summed E-state index contributed by atoms with van der Waals surface area (Å²) in [5, 5.41) is 12.2. The van der Waals surface area contributed by atoms with E-state index in [-0.39, 0.29) is 10.5 Å². The predicted molar refractivity (Wildman–Crippen MR) is 24.2 cm³/mol. The fraction of sp³-hybridized carbons (Fsp3) is 0.500. The molecule has 1 heterocycles. The van der Waals surface area contributed by atoms with E-state index in [9.17, 15) is 8.78 Å². The molecule has 0 aromatic rings. The van der Waals surface area contributed by atoms with Gasteiger partial charge in [-0.05, 0) is 0 Å². The van der Waals surface area contributed by atoms with Crippen LogP contribution in [0.4, 0.5) is 8.78 Å². The van der Waals surface area contributed by atoms with Crippen LogP contribution in [-0.4, -0.2) is 28.6 Å². The second kappa shape index (κ2) is 2.73. The zero-order chi connectivity index (χ0) is 7.56. The molecular weight excluding hydrogens is 150 g/mol. The number of nitrogens with zero attached hydrogens (tertiary/aromatic N) is 3. The van der Waals surface area contributed by atoms with Gasteiger partial charge in [-0.1, -0.05) is 0 Å². The third kappa shape index (κ3) is 1.50. The van der Waals surface area contributed by atoms with Crippen LogP contribution < -0.4 is 5.53 Å². The highest BCUT2D eigenvalue weighted by Crippen LogP contribution is 2.01. The summed E-state index contributed by atoms with van der Waals surface area (Å²) in [6.45, 7) is -3.01. The zero-order valence-corrected chi connectivity index (χ0v) is 4.61. The van der Waals surface area contributed by atoms with E-state index in [0.717, 1.165) is 6.34 Å². The maximum Gasteiger partial charge on any atom is 0.363 e. The van der Waals surface area contributed by atoms with Crippen molar-refractivity contribution in [1.82, 2.24) is 16.0 Å². The molecule has 8 heteroatoms. The van der Waals surface area contributed by atoms with Crippen LogP contribution in [0.1, 0.15) is 0 Å². The number of hydrogen-bond acceptors (Lipinski definition) is 6. The molecule has 0 bridgehead atoms. The van der Waals surface area contributed by atoms with E-state index < -0.39 is 6.61 Å².